The van der Waals surface area contributed by atoms with Crippen molar-refractivity contribution in [2.45, 2.75) is 25.3 Å². The van der Waals surface area contributed by atoms with Crippen LogP contribution < -0.4 is 10.5 Å². The number of para-hydroxylation sites is 1. The number of ether oxygens (including phenoxy) is 1. The van der Waals surface area contributed by atoms with Crippen molar-refractivity contribution in [2.75, 3.05) is 6.61 Å². The van der Waals surface area contributed by atoms with Crippen molar-refractivity contribution >= 4 is 28.3 Å². The summed E-state index contributed by atoms with van der Waals surface area (Å²) < 4.78 is 6.72. The molecule has 2 rings (SSSR count). The highest BCUT2D eigenvalue weighted by Crippen LogP contribution is 2.35. The van der Waals surface area contributed by atoms with E-state index in [4.69, 9.17) is 10.5 Å². The Kier molecular flexibility index (Phi) is 4.04. The maximum atomic E-state index is 5.95. The Hall–Kier alpha value is -0.250. The molecule has 0 spiro atoms. The molecule has 1 aliphatic rings. The third kappa shape index (κ3) is 3.10. The van der Waals surface area contributed by atoms with Crippen LogP contribution in [-0.2, 0) is 0 Å². The van der Waals surface area contributed by atoms with Crippen molar-refractivity contribution in [3.05, 3.63) is 28.2 Å². The average Bonchev–Trinajstić information content (AvgIpc) is 2.83. The molecular weight excluding hydrogens is 277 g/mol. The maximum absolute atomic E-state index is 5.95. The van der Waals surface area contributed by atoms with E-state index in [1.807, 2.05) is 25.1 Å². The summed E-state index contributed by atoms with van der Waals surface area (Å²) in [5.74, 6) is 0.921. The predicted octanol–water partition coefficient (Wildman–Crippen LogP) is 3.05. The Morgan fingerprint density at radius 3 is 2.67 bits per heavy atom. The zero-order valence-electron chi connectivity index (χ0n) is 8.63. The lowest BCUT2D eigenvalue weighted by atomic mass is 10.2. The third-order valence-corrected chi connectivity index (χ3v) is 3.18. The van der Waals surface area contributed by atoms with Gasteiger partial charge in [0.1, 0.15) is 12.4 Å². The molecule has 2 nitrogen and oxygen atoms in total. The molecule has 1 aliphatic carbocycles. The third-order valence-electron chi connectivity index (χ3n) is 2.56. The summed E-state index contributed by atoms with van der Waals surface area (Å²) in [5.41, 5.74) is 7.04. The molecule has 1 saturated carbocycles. The van der Waals surface area contributed by atoms with Crippen LogP contribution in [0.25, 0.3) is 0 Å². The van der Waals surface area contributed by atoms with Gasteiger partial charge in [0.15, 0.2) is 0 Å². The fourth-order valence-electron chi connectivity index (χ4n) is 1.32. The predicted molar refractivity (Wildman–Crippen MR) is 67.8 cm³/mol. The van der Waals surface area contributed by atoms with Gasteiger partial charge in [-0.25, -0.2) is 0 Å². The number of nitrogens with two attached hydrogens (primary N) is 1. The molecule has 0 saturated heterocycles. The van der Waals surface area contributed by atoms with Crippen molar-refractivity contribution in [3.63, 3.8) is 0 Å². The van der Waals surface area contributed by atoms with E-state index in [-0.39, 0.29) is 17.9 Å². The molecular formula is C11H15BrClNO. The van der Waals surface area contributed by atoms with Crippen molar-refractivity contribution in [3.8, 4) is 5.75 Å². The van der Waals surface area contributed by atoms with Gasteiger partial charge in [0, 0.05) is 0 Å². The van der Waals surface area contributed by atoms with Crippen LogP contribution in [0.2, 0.25) is 0 Å². The molecule has 0 unspecified atom stereocenters. The molecule has 15 heavy (non-hydrogen) atoms. The molecule has 0 bridgehead atoms. The SMILES string of the molecule is Cc1cccc(Br)c1OCC1(N)CC1.Cl. The van der Waals surface area contributed by atoms with Gasteiger partial charge >= 0.3 is 0 Å². The van der Waals surface area contributed by atoms with Crippen LogP contribution >= 0.6 is 28.3 Å². The van der Waals surface area contributed by atoms with Crippen LogP contribution in [0.15, 0.2) is 22.7 Å². The van der Waals surface area contributed by atoms with Gasteiger partial charge in [-0.1, -0.05) is 12.1 Å². The highest BCUT2D eigenvalue weighted by atomic mass is 79.9. The van der Waals surface area contributed by atoms with Gasteiger partial charge in [0.05, 0.1) is 10.0 Å². The topological polar surface area (TPSA) is 35.2 Å². The summed E-state index contributed by atoms with van der Waals surface area (Å²) in [6.45, 7) is 2.66. The Labute approximate surface area is 105 Å². The zero-order valence-corrected chi connectivity index (χ0v) is 11.0. The molecule has 1 aromatic carbocycles. The van der Waals surface area contributed by atoms with E-state index in [9.17, 15) is 0 Å². The Morgan fingerprint density at radius 2 is 2.13 bits per heavy atom. The number of hydrogen-bond donors (Lipinski definition) is 1. The second-order valence-corrected chi connectivity index (χ2v) is 4.89. The molecule has 4 heteroatoms. The molecule has 1 fully saturated rings. The fraction of sp³-hybridized carbons (Fsp3) is 0.455. The molecule has 0 heterocycles. The maximum Gasteiger partial charge on any atom is 0.136 e. The van der Waals surface area contributed by atoms with Crippen molar-refractivity contribution in [1.82, 2.24) is 0 Å². The first-order chi connectivity index (χ1) is 6.61. The lowest BCUT2D eigenvalue weighted by Gasteiger charge is -2.14. The van der Waals surface area contributed by atoms with Gasteiger partial charge in [-0.15, -0.1) is 12.4 Å². The number of halogens is 2. The van der Waals surface area contributed by atoms with Crippen LogP contribution in [0.3, 0.4) is 0 Å². The quantitative estimate of drug-likeness (QED) is 0.929. The summed E-state index contributed by atoms with van der Waals surface area (Å²) in [4.78, 5) is 0. The number of rotatable bonds is 3. The van der Waals surface area contributed by atoms with Gasteiger partial charge in [0.2, 0.25) is 0 Å². The summed E-state index contributed by atoms with van der Waals surface area (Å²) in [6.07, 6.45) is 2.16. The summed E-state index contributed by atoms with van der Waals surface area (Å²) >= 11 is 3.47. The molecule has 0 radical (unpaired) electrons. The van der Waals surface area contributed by atoms with Crippen molar-refractivity contribution < 1.29 is 4.74 Å². The molecule has 0 aromatic heterocycles. The zero-order chi connectivity index (χ0) is 10.2. The summed E-state index contributed by atoms with van der Waals surface area (Å²) in [6, 6.07) is 6.02. The van der Waals surface area contributed by atoms with Crippen LogP contribution in [0, 0.1) is 6.92 Å². The lowest BCUT2D eigenvalue weighted by molar-refractivity contribution is 0.276. The summed E-state index contributed by atoms with van der Waals surface area (Å²) in [7, 11) is 0. The first-order valence-corrected chi connectivity index (χ1v) is 5.57. The van der Waals surface area contributed by atoms with E-state index in [0.29, 0.717) is 6.61 Å². The van der Waals surface area contributed by atoms with E-state index < -0.39 is 0 Å². The second kappa shape index (κ2) is 4.73. The van der Waals surface area contributed by atoms with E-state index >= 15 is 0 Å². The van der Waals surface area contributed by atoms with Gasteiger partial charge in [-0.05, 0) is 47.3 Å². The van der Waals surface area contributed by atoms with Gasteiger partial charge in [-0.2, -0.15) is 0 Å². The summed E-state index contributed by atoms with van der Waals surface area (Å²) in [5, 5.41) is 0. The van der Waals surface area contributed by atoms with Gasteiger partial charge in [0.25, 0.3) is 0 Å². The first kappa shape index (κ1) is 12.8. The second-order valence-electron chi connectivity index (χ2n) is 4.04. The number of benzene rings is 1. The monoisotopic (exact) mass is 291 g/mol. The normalized spacial score (nSPS) is 16.7. The van der Waals surface area contributed by atoms with E-state index in [1.54, 1.807) is 0 Å². The molecule has 0 atom stereocenters. The molecule has 0 amide bonds. The number of aryl methyl sites for hydroxylation is 1. The minimum absolute atomic E-state index is 0. The standard InChI is InChI=1S/C11H14BrNO.ClH/c1-8-3-2-4-9(12)10(8)14-7-11(13)5-6-11;/h2-4H,5-7,13H2,1H3;1H. The highest BCUT2D eigenvalue weighted by molar-refractivity contribution is 9.10. The Morgan fingerprint density at radius 1 is 1.47 bits per heavy atom. The lowest BCUT2D eigenvalue weighted by Crippen LogP contribution is -2.30. The molecule has 0 aliphatic heterocycles. The van der Waals surface area contributed by atoms with Crippen LogP contribution in [0.4, 0.5) is 0 Å². The highest BCUT2D eigenvalue weighted by Gasteiger charge is 2.39. The van der Waals surface area contributed by atoms with Crippen molar-refractivity contribution in [2.24, 2.45) is 5.73 Å². The van der Waals surface area contributed by atoms with E-state index in [1.165, 1.54) is 0 Å². The Balaban J connectivity index is 0.00000112. The van der Waals surface area contributed by atoms with Crippen LogP contribution in [0.5, 0.6) is 5.75 Å². The molecule has 1 aromatic rings. The smallest absolute Gasteiger partial charge is 0.136 e. The fourth-order valence-corrected chi connectivity index (χ4v) is 1.90. The Bertz CT molecular complexity index is 332. The van der Waals surface area contributed by atoms with E-state index in [0.717, 1.165) is 28.6 Å². The minimum atomic E-state index is -0.0538. The first-order valence-electron chi connectivity index (χ1n) is 4.78. The van der Waals surface area contributed by atoms with Gasteiger partial charge < -0.3 is 10.5 Å². The van der Waals surface area contributed by atoms with Crippen molar-refractivity contribution in [1.29, 1.82) is 0 Å². The average molecular weight is 293 g/mol. The van der Waals surface area contributed by atoms with Crippen LogP contribution in [0.1, 0.15) is 18.4 Å². The molecule has 2 N–H and O–H groups in total. The van der Waals surface area contributed by atoms with Crippen LogP contribution in [-0.4, -0.2) is 12.1 Å². The minimum Gasteiger partial charge on any atom is -0.490 e. The molecule has 84 valence electrons. The largest absolute Gasteiger partial charge is 0.490 e. The van der Waals surface area contributed by atoms with Gasteiger partial charge in [-0.3, -0.25) is 0 Å². The van der Waals surface area contributed by atoms with E-state index in [2.05, 4.69) is 15.9 Å². The number of hydrogen-bond acceptors (Lipinski definition) is 2.